The van der Waals surface area contributed by atoms with Crippen molar-refractivity contribution in [1.82, 2.24) is 0 Å². The molecular weight excluding hydrogens is 460 g/mol. The standard InChI is InChI=1S/C33H52O4/c1-9-23-12-17-33(20-36-21(2)34)19-18-31(7)24(28(23)33)10-11-26-30(6)15-14-27(37-22(3)35)29(4,5)25(30)13-16-32(26,31)8/h9,23-28H,1,10-20H2,2-8H3/t23?,24?,25?,26?,27?,28?,30?,31-,32?,33?/m0/s1. The van der Waals surface area contributed by atoms with Crippen LogP contribution in [-0.2, 0) is 19.1 Å². The highest BCUT2D eigenvalue weighted by Gasteiger charge is 2.71. The Labute approximate surface area is 225 Å². The number of esters is 2. The molecule has 0 aliphatic heterocycles. The van der Waals surface area contributed by atoms with Crippen LogP contribution < -0.4 is 0 Å². The van der Waals surface area contributed by atoms with E-state index >= 15 is 0 Å². The summed E-state index contributed by atoms with van der Waals surface area (Å²) < 4.78 is 11.7. The predicted octanol–water partition coefficient (Wildman–Crippen LogP) is 7.75. The van der Waals surface area contributed by atoms with Crippen molar-refractivity contribution in [2.75, 3.05) is 6.61 Å². The van der Waals surface area contributed by atoms with Crippen LogP contribution >= 0.6 is 0 Å². The quantitative estimate of drug-likeness (QED) is 0.285. The number of carbonyl (C=O) groups excluding carboxylic acids is 2. The zero-order valence-electron chi connectivity index (χ0n) is 24.7. The van der Waals surface area contributed by atoms with Gasteiger partial charge >= 0.3 is 11.9 Å². The molecule has 0 amide bonds. The van der Waals surface area contributed by atoms with E-state index in [2.05, 4.69) is 47.3 Å². The van der Waals surface area contributed by atoms with Crippen LogP contribution in [-0.4, -0.2) is 24.6 Å². The van der Waals surface area contributed by atoms with Gasteiger partial charge in [-0.3, -0.25) is 9.59 Å². The molecule has 0 aromatic rings. The third-order valence-electron chi connectivity index (χ3n) is 13.8. The first kappa shape index (κ1) is 27.3. The number of ether oxygens (including phenoxy) is 2. The number of hydrogen-bond acceptors (Lipinski definition) is 4. The van der Waals surface area contributed by atoms with Gasteiger partial charge < -0.3 is 9.47 Å². The van der Waals surface area contributed by atoms with Crippen LogP contribution in [0.5, 0.6) is 0 Å². The lowest BCUT2D eigenvalue weighted by Gasteiger charge is -2.73. The number of fused-ring (bicyclic) bond motifs is 7. The molecule has 5 saturated carbocycles. The summed E-state index contributed by atoms with van der Waals surface area (Å²) >= 11 is 0. The van der Waals surface area contributed by atoms with Crippen LogP contribution in [0.1, 0.15) is 113 Å². The van der Waals surface area contributed by atoms with Crippen LogP contribution in [0.3, 0.4) is 0 Å². The van der Waals surface area contributed by atoms with Gasteiger partial charge in [0.25, 0.3) is 0 Å². The van der Waals surface area contributed by atoms with Crippen molar-refractivity contribution in [2.45, 2.75) is 119 Å². The monoisotopic (exact) mass is 512 g/mol. The first-order valence-corrected chi connectivity index (χ1v) is 15.2. The Kier molecular flexibility index (Phi) is 6.52. The maximum atomic E-state index is 11.9. The second-order valence-corrected chi connectivity index (χ2v) is 15.2. The number of carbonyl (C=O) groups is 2. The van der Waals surface area contributed by atoms with E-state index in [1.165, 1.54) is 51.4 Å². The molecule has 9 unspecified atom stereocenters. The molecule has 5 fully saturated rings. The van der Waals surface area contributed by atoms with E-state index in [-0.39, 0.29) is 39.7 Å². The van der Waals surface area contributed by atoms with Crippen molar-refractivity contribution in [3.63, 3.8) is 0 Å². The molecule has 4 nitrogen and oxygen atoms in total. The number of allylic oxidation sites excluding steroid dienone is 1. The van der Waals surface area contributed by atoms with Crippen molar-refractivity contribution in [3.8, 4) is 0 Å². The highest BCUT2D eigenvalue weighted by molar-refractivity contribution is 5.66. The van der Waals surface area contributed by atoms with Crippen LogP contribution in [0.2, 0.25) is 0 Å². The third-order valence-corrected chi connectivity index (χ3v) is 13.8. The molecule has 0 bridgehead atoms. The normalized spacial score (nSPS) is 50.0. The van der Waals surface area contributed by atoms with Gasteiger partial charge in [0.2, 0.25) is 0 Å². The van der Waals surface area contributed by atoms with Gasteiger partial charge in [-0.05, 0) is 110 Å². The summed E-state index contributed by atoms with van der Waals surface area (Å²) in [6, 6.07) is 0. The van der Waals surface area contributed by atoms with Gasteiger partial charge in [0.15, 0.2) is 0 Å². The Morgan fingerprint density at radius 2 is 1.54 bits per heavy atom. The van der Waals surface area contributed by atoms with E-state index in [1.807, 2.05) is 0 Å². The summed E-state index contributed by atoms with van der Waals surface area (Å²) in [5.41, 5.74) is 0.997. The zero-order chi connectivity index (χ0) is 27.0. The molecule has 4 heteroatoms. The Hall–Kier alpha value is -1.32. The summed E-state index contributed by atoms with van der Waals surface area (Å²) in [6.45, 7) is 20.7. The van der Waals surface area contributed by atoms with E-state index in [9.17, 15) is 9.59 Å². The summed E-state index contributed by atoms with van der Waals surface area (Å²) in [6.07, 6.45) is 14.2. The Morgan fingerprint density at radius 1 is 0.811 bits per heavy atom. The van der Waals surface area contributed by atoms with E-state index in [0.717, 1.165) is 12.8 Å². The fraction of sp³-hybridized carbons (Fsp3) is 0.879. The first-order chi connectivity index (χ1) is 17.2. The second-order valence-electron chi connectivity index (χ2n) is 15.2. The lowest BCUT2D eigenvalue weighted by Crippen LogP contribution is -2.67. The average Bonchev–Trinajstić information content (AvgIpc) is 3.19. The van der Waals surface area contributed by atoms with Crippen molar-refractivity contribution in [1.29, 1.82) is 0 Å². The van der Waals surface area contributed by atoms with Gasteiger partial charge in [-0.15, -0.1) is 6.58 Å². The molecule has 0 saturated heterocycles. The Morgan fingerprint density at radius 3 is 2.19 bits per heavy atom. The summed E-state index contributed by atoms with van der Waals surface area (Å²) in [7, 11) is 0. The summed E-state index contributed by atoms with van der Waals surface area (Å²) in [4.78, 5) is 23.8. The molecule has 0 aromatic heterocycles. The maximum Gasteiger partial charge on any atom is 0.302 e. The highest BCUT2D eigenvalue weighted by atomic mass is 16.5. The van der Waals surface area contributed by atoms with Crippen LogP contribution in [0, 0.1) is 56.7 Å². The second kappa shape index (κ2) is 8.85. The molecule has 5 aliphatic rings. The van der Waals surface area contributed by atoms with E-state index < -0.39 is 0 Å². The summed E-state index contributed by atoms with van der Waals surface area (Å²) in [5.74, 6) is 2.76. The van der Waals surface area contributed by atoms with Gasteiger partial charge in [0, 0.05) is 24.7 Å². The fourth-order valence-corrected chi connectivity index (χ4v) is 11.9. The molecule has 5 rings (SSSR count). The van der Waals surface area contributed by atoms with Gasteiger partial charge in [0.1, 0.15) is 6.10 Å². The van der Waals surface area contributed by atoms with Gasteiger partial charge in [-0.1, -0.05) is 40.7 Å². The summed E-state index contributed by atoms with van der Waals surface area (Å²) in [5, 5.41) is 0. The fourth-order valence-electron chi connectivity index (χ4n) is 11.9. The minimum atomic E-state index is -0.141. The smallest absolute Gasteiger partial charge is 0.302 e. The Balaban J connectivity index is 1.48. The van der Waals surface area contributed by atoms with Crippen molar-refractivity contribution >= 4 is 11.9 Å². The largest absolute Gasteiger partial charge is 0.465 e. The lowest BCUT2D eigenvalue weighted by atomic mass is 9.32. The molecule has 0 heterocycles. The van der Waals surface area contributed by atoms with E-state index in [4.69, 9.17) is 9.47 Å². The lowest BCUT2D eigenvalue weighted by molar-refractivity contribution is -0.251. The van der Waals surface area contributed by atoms with Gasteiger partial charge in [-0.25, -0.2) is 0 Å². The number of rotatable bonds is 4. The van der Waals surface area contributed by atoms with E-state index in [1.54, 1.807) is 13.8 Å². The molecule has 37 heavy (non-hydrogen) atoms. The molecule has 208 valence electrons. The Bertz CT molecular complexity index is 954. The molecule has 0 spiro atoms. The first-order valence-electron chi connectivity index (χ1n) is 15.2. The van der Waals surface area contributed by atoms with Crippen LogP contribution in [0.25, 0.3) is 0 Å². The average molecular weight is 513 g/mol. The topological polar surface area (TPSA) is 52.6 Å². The maximum absolute atomic E-state index is 11.9. The predicted molar refractivity (Wildman–Crippen MR) is 147 cm³/mol. The minimum absolute atomic E-state index is 0.00287. The van der Waals surface area contributed by atoms with Gasteiger partial charge in [-0.2, -0.15) is 0 Å². The molecular formula is C33H52O4. The molecule has 0 N–H and O–H groups in total. The van der Waals surface area contributed by atoms with Crippen molar-refractivity contribution in [2.24, 2.45) is 56.7 Å². The van der Waals surface area contributed by atoms with Crippen LogP contribution in [0.4, 0.5) is 0 Å². The zero-order valence-corrected chi connectivity index (χ0v) is 24.7. The minimum Gasteiger partial charge on any atom is -0.465 e. The SMILES string of the molecule is C=CC1CCC2(COC(C)=O)CC[C@@]3(C)C(CCC4C5(C)CCC(OC(C)=O)C(C)(C)C5CCC43C)C12. The van der Waals surface area contributed by atoms with Crippen molar-refractivity contribution < 1.29 is 19.1 Å². The molecule has 0 radical (unpaired) electrons. The molecule has 5 aliphatic carbocycles. The molecule has 0 aromatic carbocycles. The highest BCUT2D eigenvalue weighted by Crippen LogP contribution is 2.77. The van der Waals surface area contributed by atoms with Crippen molar-refractivity contribution in [3.05, 3.63) is 12.7 Å². The van der Waals surface area contributed by atoms with Crippen LogP contribution in [0.15, 0.2) is 12.7 Å². The molecule has 10 atom stereocenters. The van der Waals surface area contributed by atoms with E-state index in [0.29, 0.717) is 41.6 Å². The van der Waals surface area contributed by atoms with Gasteiger partial charge in [0.05, 0.1) is 6.61 Å². The number of hydrogen-bond donors (Lipinski definition) is 0. The third kappa shape index (κ3) is 3.73.